The molecule has 1 heterocycles. The van der Waals surface area contributed by atoms with Crippen LogP contribution in [0.3, 0.4) is 0 Å². The summed E-state index contributed by atoms with van der Waals surface area (Å²) in [5.74, 6) is 3.29. The molecule has 7 heteroatoms. The van der Waals surface area contributed by atoms with E-state index in [1.165, 1.54) is 0 Å². The second-order valence-electron chi connectivity index (χ2n) is 5.18. The van der Waals surface area contributed by atoms with Crippen molar-refractivity contribution in [3.05, 3.63) is 35.6 Å². The maximum absolute atomic E-state index is 9.20. The van der Waals surface area contributed by atoms with E-state index in [-0.39, 0.29) is 26.4 Å². The summed E-state index contributed by atoms with van der Waals surface area (Å²) in [6.45, 7) is 1.44. The van der Waals surface area contributed by atoms with E-state index in [1.54, 1.807) is 6.07 Å². The van der Waals surface area contributed by atoms with Crippen LogP contribution in [0.2, 0.25) is 0 Å². The van der Waals surface area contributed by atoms with Crippen molar-refractivity contribution in [2.24, 2.45) is 4.99 Å². The lowest BCUT2D eigenvalue weighted by atomic mass is 10.0. The first-order chi connectivity index (χ1) is 11.7. The summed E-state index contributed by atoms with van der Waals surface area (Å²) in [6, 6.07) is 5.53. The number of ether oxygens (including phenoxy) is 1. The van der Waals surface area contributed by atoms with Crippen LogP contribution in [0.5, 0.6) is 0 Å². The molecule has 130 valence electrons. The van der Waals surface area contributed by atoms with Gasteiger partial charge in [0.15, 0.2) is 5.76 Å². The minimum atomic E-state index is -0.0474. The van der Waals surface area contributed by atoms with Gasteiger partial charge in [-0.15, -0.1) is 0 Å². The van der Waals surface area contributed by atoms with Crippen molar-refractivity contribution < 1.29 is 20.1 Å². The molecule has 0 bridgehead atoms. The number of aliphatic hydroxyl groups is 3. The number of nitrogens with two attached hydrogens (primary N) is 1. The van der Waals surface area contributed by atoms with Crippen molar-refractivity contribution in [1.82, 2.24) is 0 Å². The van der Waals surface area contributed by atoms with Gasteiger partial charge < -0.3 is 30.7 Å². The standard InChI is InChI=1S/C17H23N3O4/c18-16-2-1-13(20(5-8-22)6-9-23)11-15(16)14-3-10-24-17(14)12-19-4-7-21/h1-3,11,21-23H,4-10,18H2. The first-order valence-corrected chi connectivity index (χ1v) is 7.81. The van der Waals surface area contributed by atoms with Crippen LogP contribution in [0.4, 0.5) is 11.4 Å². The zero-order chi connectivity index (χ0) is 17.4. The molecule has 0 aliphatic carbocycles. The smallest absolute Gasteiger partial charge is 0.188 e. The molecule has 7 nitrogen and oxygen atoms in total. The average Bonchev–Trinajstić information content (AvgIpc) is 3.04. The third kappa shape index (κ3) is 4.37. The van der Waals surface area contributed by atoms with E-state index in [9.17, 15) is 10.2 Å². The quantitative estimate of drug-likeness (QED) is 0.394. The van der Waals surface area contributed by atoms with E-state index >= 15 is 0 Å². The Morgan fingerprint density at radius 1 is 1.17 bits per heavy atom. The number of aliphatic imine (C=N–C) groups is 1. The Balaban J connectivity index is 2.36. The number of aliphatic hydroxyl groups excluding tert-OH is 3. The largest absolute Gasteiger partial charge is 0.480 e. The Bertz CT molecular complexity index is 645. The van der Waals surface area contributed by atoms with Crippen molar-refractivity contribution in [3.8, 4) is 0 Å². The second kappa shape index (κ2) is 9.10. The number of nitrogen functional groups attached to an aromatic ring is 1. The lowest BCUT2D eigenvalue weighted by Gasteiger charge is -2.24. The predicted octanol–water partition coefficient (Wildman–Crippen LogP) is 0.0193. The zero-order valence-electron chi connectivity index (χ0n) is 13.5. The second-order valence-corrected chi connectivity index (χ2v) is 5.18. The normalized spacial score (nSPS) is 13.3. The van der Waals surface area contributed by atoms with E-state index in [1.807, 2.05) is 23.1 Å². The zero-order valence-corrected chi connectivity index (χ0v) is 13.5. The van der Waals surface area contributed by atoms with Crippen LogP contribution in [-0.2, 0) is 4.74 Å². The van der Waals surface area contributed by atoms with Crippen LogP contribution in [0.25, 0.3) is 5.57 Å². The van der Waals surface area contributed by atoms with Gasteiger partial charge in [-0.2, -0.15) is 0 Å². The number of allylic oxidation sites excluding steroid dienone is 1. The molecule has 0 spiro atoms. The molecular weight excluding hydrogens is 310 g/mol. The summed E-state index contributed by atoms with van der Waals surface area (Å²) in [4.78, 5) is 5.85. The number of nitrogens with zero attached hydrogens (tertiary/aromatic N) is 2. The third-order valence-corrected chi connectivity index (χ3v) is 3.58. The van der Waals surface area contributed by atoms with Gasteiger partial charge in [0.1, 0.15) is 6.61 Å². The van der Waals surface area contributed by atoms with E-state index in [0.29, 0.717) is 31.1 Å². The minimum absolute atomic E-state index is 0.00944. The van der Waals surface area contributed by atoms with Crippen LogP contribution in [-0.4, -0.2) is 67.3 Å². The molecule has 24 heavy (non-hydrogen) atoms. The van der Waals surface area contributed by atoms with Crippen molar-refractivity contribution in [1.29, 1.82) is 0 Å². The molecule has 1 aromatic carbocycles. The maximum Gasteiger partial charge on any atom is 0.188 e. The molecule has 0 saturated heterocycles. The minimum Gasteiger partial charge on any atom is -0.480 e. The Labute approximate surface area is 141 Å². The van der Waals surface area contributed by atoms with Crippen molar-refractivity contribution in [2.45, 2.75) is 0 Å². The maximum atomic E-state index is 9.20. The molecule has 5 N–H and O–H groups in total. The highest BCUT2D eigenvalue weighted by atomic mass is 16.5. The molecule has 1 aliphatic heterocycles. The summed E-state index contributed by atoms with van der Waals surface area (Å²) in [6.07, 6.45) is 1.90. The Kier molecular flexibility index (Phi) is 6.84. The lowest BCUT2D eigenvalue weighted by Crippen LogP contribution is -2.29. The third-order valence-electron chi connectivity index (χ3n) is 3.58. The van der Waals surface area contributed by atoms with Gasteiger partial charge in [0.2, 0.25) is 0 Å². The van der Waals surface area contributed by atoms with Gasteiger partial charge in [0.25, 0.3) is 0 Å². The highest BCUT2D eigenvalue weighted by molar-refractivity contribution is 5.92. The first-order valence-electron chi connectivity index (χ1n) is 7.81. The molecule has 0 amide bonds. The van der Waals surface area contributed by atoms with Gasteiger partial charge in [-0.05, 0) is 24.3 Å². The molecular formula is C17H23N3O4. The summed E-state index contributed by atoms with van der Waals surface area (Å²) in [5.41, 5.74) is 9.13. The van der Waals surface area contributed by atoms with Gasteiger partial charge in [0, 0.05) is 41.5 Å². The number of benzene rings is 1. The van der Waals surface area contributed by atoms with Crippen molar-refractivity contribution in [2.75, 3.05) is 56.7 Å². The fourth-order valence-electron chi connectivity index (χ4n) is 2.47. The van der Waals surface area contributed by atoms with Crippen LogP contribution >= 0.6 is 0 Å². The highest BCUT2D eigenvalue weighted by Crippen LogP contribution is 2.33. The van der Waals surface area contributed by atoms with Gasteiger partial charge in [-0.1, -0.05) is 0 Å². The number of hydrogen-bond acceptors (Lipinski definition) is 7. The molecule has 0 atom stereocenters. The molecule has 0 unspecified atom stereocenters. The van der Waals surface area contributed by atoms with Crippen LogP contribution in [0.1, 0.15) is 5.56 Å². The summed E-state index contributed by atoms with van der Waals surface area (Å²) >= 11 is 0. The molecule has 0 fully saturated rings. The fraction of sp³-hybridized carbons (Fsp3) is 0.412. The average molecular weight is 333 g/mol. The van der Waals surface area contributed by atoms with Gasteiger partial charge in [-0.25, -0.2) is 4.99 Å². The van der Waals surface area contributed by atoms with Gasteiger partial charge in [-0.3, -0.25) is 0 Å². The number of anilines is 2. The summed E-state index contributed by atoms with van der Waals surface area (Å²) in [5, 5.41) is 27.2. The molecule has 0 radical (unpaired) electrons. The lowest BCUT2D eigenvalue weighted by molar-refractivity contribution is 0.281. The number of rotatable bonds is 8. The topological polar surface area (TPSA) is 112 Å². The van der Waals surface area contributed by atoms with Gasteiger partial charge in [0.05, 0.1) is 26.4 Å². The molecule has 0 saturated carbocycles. The van der Waals surface area contributed by atoms with Crippen molar-refractivity contribution >= 4 is 22.8 Å². The van der Waals surface area contributed by atoms with E-state index < -0.39 is 0 Å². The Morgan fingerprint density at radius 3 is 2.58 bits per heavy atom. The Hall–Kier alpha value is -2.31. The first kappa shape index (κ1) is 18.0. The van der Waals surface area contributed by atoms with E-state index in [2.05, 4.69) is 10.9 Å². The SMILES string of the molecule is Nc1ccc(N(CCO)CCO)cc1C1=CCOC1=C=NCCO. The molecule has 0 aromatic heterocycles. The van der Waals surface area contributed by atoms with Crippen LogP contribution in [0, 0.1) is 0 Å². The predicted molar refractivity (Wildman–Crippen MR) is 94.1 cm³/mol. The van der Waals surface area contributed by atoms with E-state index in [4.69, 9.17) is 15.6 Å². The molecule has 1 aliphatic rings. The monoisotopic (exact) mass is 333 g/mol. The fourth-order valence-corrected chi connectivity index (χ4v) is 2.47. The van der Waals surface area contributed by atoms with Gasteiger partial charge >= 0.3 is 0 Å². The molecule has 2 rings (SSSR count). The molecule has 1 aromatic rings. The highest BCUT2D eigenvalue weighted by Gasteiger charge is 2.19. The summed E-state index contributed by atoms with van der Waals surface area (Å²) < 4.78 is 5.51. The summed E-state index contributed by atoms with van der Waals surface area (Å²) in [7, 11) is 0. The Morgan fingerprint density at radius 2 is 1.92 bits per heavy atom. The van der Waals surface area contributed by atoms with Crippen LogP contribution < -0.4 is 10.6 Å². The number of hydrogen-bond donors (Lipinski definition) is 4. The van der Waals surface area contributed by atoms with Crippen molar-refractivity contribution in [3.63, 3.8) is 0 Å². The van der Waals surface area contributed by atoms with Crippen LogP contribution in [0.15, 0.2) is 35.0 Å². The van der Waals surface area contributed by atoms with E-state index in [0.717, 1.165) is 16.8 Å².